The van der Waals surface area contributed by atoms with Crippen molar-refractivity contribution in [2.24, 2.45) is 4.99 Å². The number of sulfone groups is 1. The minimum absolute atomic E-state index is 0.0696. The number of rotatable bonds is 5. The van der Waals surface area contributed by atoms with Crippen LogP contribution in [0.4, 0.5) is 4.39 Å². The van der Waals surface area contributed by atoms with E-state index in [1.54, 1.807) is 26.0 Å². The Balaban J connectivity index is 1.84. The minimum Gasteiger partial charge on any atom is -0.379 e. The molecule has 1 atom stereocenters. The zero-order valence-electron chi connectivity index (χ0n) is 18.1. The molecule has 2 saturated heterocycles. The second kappa shape index (κ2) is 9.62. The van der Waals surface area contributed by atoms with Gasteiger partial charge in [0.1, 0.15) is 5.82 Å². The van der Waals surface area contributed by atoms with E-state index in [4.69, 9.17) is 9.73 Å². The van der Waals surface area contributed by atoms with Gasteiger partial charge in [-0.05, 0) is 38.5 Å². The maximum Gasteiger partial charge on any atom is 0.194 e. The SMILES string of the molecule is CCNC(=NCC(c1cccc(F)c1)N1CCOCC1)N1CCS(=O)(=O)C(C)(C)C1. The Bertz CT molecular complexity index is 854. The van der Waals surface area contributed by atoms with E-state index in [1.165, 1.54) is 6.07 Å². The fraction of sp³-hybridized carbons (Fsp3) is 0.667. The Morgan fingerprint density at radius 2 is 2.03 bits per heavy atom. The van der Waals surface area contributed by atoms with Gasteiger partial charge in [0.2, 0.25) is 0 Å². The molecule has 30 heavy (non-hydrogen) atoms. The molecule has 1 unspecified atom stereocenters. The highest BCUT2D eigenvalue weighted by Gasteiger charge is 2.41. The summed E-state index contributed by atoms with van der Waals surface area (Å²) < 4.78 is 43.3. The maximum absolute atomic E-state index is 13.9. The number of guanidine groups is 1. The molecule has 2 aliphatic rings. The van der Waals surface area contributed by atoms with Gasteiger partial charge < -0.3 is 15.0 Å². The molecule has 0 radical (unpaired) electrons. The summed E-state index contributed by atoms with van der Waals surface area (Å²) in [6.07, 6.45) is 0. The van der Waals surface area contributed by atoms with E-state index in [0.29, 0.717) is 45.4 Å². The van der Waals surface area contributed by atoms with E-state index in [2.05, 4.69) is 10.2 Å². The Labute approximate surface area is 179 Å². The van der Waals surface area contributed by atoms with Crippen molar-refractivity contribution in [3.8, 4) is 0 Å². The van der Waals surface area contributed by atoms with Crippen LogP contribution >= 0.6 is 0 Å². The number of morpholine rings is 1. The largest absolute Gasteiger partial charge is 0.379 e. The average Bonchev–Trinajstić information content (AvgIpc) is 2.70. The van der Waals surface area contributed by atoms with Crippen LogP contribution in [-0.4, -0.2) is 87.2 Å². The standard InChI is InChI=1S/C21H33FN4O3S/c1-4-23-20(26-10-13-30(27,28)21(2,3)16-26)24-15-19(25-8-11-29-12-9-25)17-6-5-7-18(22)14-17/h5-7,14,19H,4,8-13,15-16H2,1-3H3,(H,23,24). The molecule has 1 aromatic rings. The summed E-state index contributed by atoms with van der Waals surface area (Å²) in [5, 5.41) is 3.30. The number of aliphatic imine (C=N–C) groups is 1. The van der Waals surface area contributed by atoms with Gasteiger partial charge in [-0.25, -0.2) is 12.8 Å². The van der Waals surface area contributed by atoms with Crippen LogP contribution in [0.1, 0.15) is 32.4 Å². The van der Waals surface area contributed by atoms with Gasteiger partial charge in [-0.15, -0.1) is 0 Å². The average molecular weight is 441 g/mol. The molecule has 0 aliphatic carbocycles. The molecular formula is C21H33FN4O3S. The number of nitrogens with zero attached hydrogens (tertiary/aromatic N) is 3. The summed E-state index contributed by atoms with van der Waals surface area (Å²) in [6, 6.07) is 6.61. The first-order valence-corrected chi connectivity index (χ1v) is 12.2. The van der Waals surface area contributed by atoms with Gasteiger partial charge in [-0.3, -0.25) is 9.89 Å². The van der Waals surface area contributed by atoms with E-state index in [1.807, 2.05) is 17.9 Å². The van der Waals surface area contributed by atoms with Gasteiger partial charge in [0, 0.05) is 32.7 Å². The van der Waals surface area contributed by atoms with Gasteiger partial charge in [-0.1, -0.05) is 12.1 Å². The summed E-state index contributed by atoms with van der Waals surface area (Å²) in [5.41, 5.74) is 0.887. The minimum atomic E-state index is -3.13. The van der Waals surface area contributed by atoms with Gasteiger partial charge >= 0.3 is 0 Å². The summed E-state index contributed by atoms with van der Waals surface area (Å²) in [4.78, 5) is 9.16. The molecule has 2 aliphatic heterocycles. The van der Waals surface area contributed by atoms with Crippen LogP contribution < -0.4 is 5.32 Å². The highest BCUT2D eigenvalue weighted by molar-refractivity contribution is 7.92. The molecule has 7 nitrogen and oxygen atoms in total. The van der Waals surface area contributed by atoms with E-state index < -0.39 is 14.6 Å². The lowest BCUT2D eigenvalue weighted by Crippen LogP contribution is -2.57. The molecule has 0 spiro atoms. The van der Waals surface area contributed by atoms with Crippen molar-refractivity contribution < 1.29 is 17.5 Å². The maximum atomic E-state index is 13.9. The second-order valence-corrected chi connectivity index (χ2v) is 11.2. The number of hydrogen-bond donors (Lipinski definition) is 1. The van der Waals surface area contributed by atoms with Crippen LogP contribution in [0.15, 0.2) is 29.3 Å². The van der Waals surface area contributed by atoms with E-state index in [0.717, 1.165) is 18.7 Å². The molecule has 9 heteroatoms. The molecule has 0 amide bonds. The molecular weight excluding hydrogens is 407 g/mol. The summed E-state index contributed by atoms with van der Waals surface area (Å²) >= 11 is 0. The van der Waals surface area contributed by atoms with Crippen LogP contribution in [-0.2, 0) is 14.6 Å². The fourth-order valence-electron chi connectivity index (χ4n) is 3.96. The third-order valence-corrected chi connectivity index (χ3v) is 8.34. The van der Waals surface area contributed by atoms with Crippen LogP contribution in [0.3, 0.4) is 0 Å². The predicted octanol–water partition coefficient (Wildman–Crippen LogP) is 1.67. The van der Waals surface area contributed by atoms with Crippen molar-refractivity contribution in [1.29, 1.82) is 0 Å². The third kappa shape index (κ3) is 5.31. The van der Waals surface area contributed by atoms with E-state index >= 15 is 0 Å². The van der Waals surface area contributed by atoms with Crippen molar-refractivity contribution in [3.63, 3.8) is 0 Å². The van der Waals surface area contributed by atoms with E-state index in [9.17, 15) is 12.8 Å². The van der Waals surface area contributed by atoms with Crippen molar-refractivity contribution >= 4 is 15.8 Å². The number of nitrogens with one attached hydrogen (secondary N) is 1. The van der Waals surface area contributed by atoms with Gasteiger partial charge in [0.15, 0.2) is 15.8 Å². The zero-order chi connectivity index (χ0) is 21.8. The highest BCUT2D eigenvalue weighted by Crippen LogP contribution is 2.25. The van der Waals surface area contributed by atoms with Gasteiger partial charge in [-0.2, -0.15) is 0 Å². The number of hydrogen-bond acceptors (Lipinski definition) is 5. The highest BCUT2D eigenvalue weighted by atomic mass is 32.2. The number of benzene rings is 1. The Kier molecular flexibility index (Phi) is 7.36. The lowest BCUT2D eigenvalue weighted by Gasteiger charge is -2.39. The van der Waals surface area contributed by atoms with Crippen molar-refractivity contribution in [1.82, 2.24) is 15.1 Å². The van der Waals surface area contributed by atoms with E-state index in [-0.39, 0.29) is 17.6 Å². The molecule has 0 aromatic heterocycles. The smallest absolute Gasteiger partial charge is 0.194 e. The first-order chi connectivity index (χ1) is 14.2. The number of halogens is 1. The summed E-state index contributed by atoms with van der Waals surface area (Å²) in [5.74, 6) is 0.557. The van der Waals surface area contributed by atoms with Crippen LogP contribution in [0, 0.1) is 5.82 Å². The number of ether oxygens (including phenoxy) is 1. The topological polar surface area (TPSA) is 74.2 Å². The molecule has 168 valence electrons. The van der Waals surface area contributed by atoms with Crippen LogP contribution in [0.5, 0.6) is 0 Å². The predicted molar refractivity (Wildman–Crippen MR) is 117 cm³/mol. The monoisotopic (exact) mass is 440 g/mol. The molecule has 1 aromatic carbocycles. The normalized spacial score (nSPS) is 23.2. The van der Waals surface area contributed by atoms with Crippen molar-refractivity contribution in [2.45, 2.75) is 31.6 Å². The molecule has 0 bridgehead atoms. The van der Waals surface area contributed by atoms with Gasteiger partial charge in [0.25, 0.3) is 0 Å². The molecule has 1 N–H and O–H groups in total. The summed E-state index contributed by atoms with van der Waals surface area (Å²) in [7, 11) is -3.13. The van der Waals surface area contributed by atoms with Crippen molar-refractivity contribution in [3.05, 3.63) is 35.6 Å². The third-order valence-electron chi connectivity index (χ3n) is 5.81. The molecule has 2 fully saturated rings. The molecule has 2 heterocycles. The lowest BCUT2D eigenvalue weighted by molar-refractivity contribution is 0.0179. The lowest BCUT2D eigenvalue weighted by atomic mass is 10.0. The van der Waals surface area contributed by atoms with Gasteiger partial charge in [0.05, 0.1) is 36.3 Å². The van der Waals surface area contributed by atoms with Crippen LogP contribution in [0.25, 0.3) is 0 Å². The Morgan fingerprint density at radius 1 is 1.30 bits per heavy atom. The molecule has 3 rings (SSSR count). The zero-order valence-corrected chi connectivity index (χ0v) is 18.9. The Morgan fingerprint density at radius 3 is 2.67 bits per heavy atom. The molecule has 0 saturated carbocycles. The first kappa shape index (κ1) is 23.0. The quantitative estimate of drug-likeness (QED) is 0.555. The van der Waals surface area contributed by atoms with Crippen LogP contribution in [0.2, 0.25) is 0 Å². The Hall–Kier alpha value is -1.71. The second-order valence-electron chi connectivity index (χ2n) is 8.41. The summed E-state index contributed by atoms with van der Waals surface area (Å²) in [6.45, 7) is 10.3. The fourth-order valence-corrected chi connectivity index (χ4v) is 5.32. The first-order valence-electron chi connectivity index (χ1n) is 10.6. The van der Waals surface area contributed by atoms with Crippen molar-refractivity contribution in [2.75, 3.05) is 58.2 Å².